The number of halogens is 1. The van der Waals surface area contributed by atoms with Gasteiger partial charge < -0.3 is 29.4 Å². The summed E-state index contributed by atoms with van der Waals surface area (Å²) in [6, 6.07) is 35.3. The number of para-hydroxylation sites is 1. The summed E-state index contributed by atoms with van der Waals surface area (Å²) in [4.78, 5) is 103. The number of hydrogen-bond acceptors (Lipinski definition) is 9. The minimum Gasteiger partial charge on any atom is -0.309 e. The summed E-state index contributed by atoms with van der Waals surface area (Å²) in [5.41, 5.74) is 20.2. The molecule has 0 saturated carbocycles. The molecule has 14 rings (SSSR count). The molecule has 17 heteroatoms. The lowest BCUT2D eigenvalue weighted by Gasteiger charge is -2.24. The molecule has 7 aliphatic rings. The number of rotatable bonds is 7. The molecule has 0 radical (unpaired) electrons. The van der Waals surface area contributed by atoms with Crippen LogP contribution in [0.2, 0.25) is 0 Å². The molecule has 2 aromatic heterocycles. The Labute approximate surface area is 580 Å². The quantitative estimate of drug-likeness (QED) is 0.151. The van der Waals surface area contributed by atoms with E-state index in [-0.39, 0.29) is 89.5 Å². The number of benzene rings is 5. The maximum Gasteiger partial charge on any atom is 0.233 e. The Morgan fingerprint density at radius 3 is 1.15 bits per heavy atom. The van der Waals surface area contributed by atoms with Crippen LogP contribution in [0.4, 0.5) is 44.3 Å². The highest BCUT2D eigenvalue weighted by atomic mass is 19.1. The monoisotopic (exact) mass is 1330 g/mol. The molecule has 0 aliphatic carbocycles. The molecule has 9 heterocycles. The third kappa shape index (κ3) is 15.9. The van der Waals surface area contributed by atoms with Crippen molar-refractivity contribution in [2.24, 2.45) is 0 Å². The summed E-state index contributed by atoms with van der Waals surface area (Å²) in [7, 11) is 0. The Balaban J connectivity index is 0.000000146. The second-order valence-corrected chi connectivity index (χ2v) is 28.2. The van der Waals surface area contributed by atoms with E-state index in [4.69, 9.17) is 0 Å². The number of hydrogen-bond donors (Lipinski definition) is 0. The highest BCUT2D eigenvalue weighted by molar-refractivity contribution is 6.06. The van der Waals surface area contributed by atoms with Gasteiger partial charge in [-0.2, -0.15) is 0 Å². The SMILES string of the molecule is CC(C)N1C(=O)Cc2ccccc21.CC(C)N1C(=O)Cc2cccnc21.CC(C)N1C(=O)Cc2ncccc21.Cc1ccc2c(c1)N(C(C)C)C(=O)C2.Cc1ccc2c(c1C)N(C(C)C)C(=O)C2.Cc1ccc2c(c1C)N(C(C)C)C(=O)C2.Cc1ccc2c(c1F)N(C(C)C)C(=O)C2. The topological polar surface area (TPSA) is 168 Å². The number of fused-ring (bicyclic) bond motifs is 7. The van der Waals surface area contributed by atoms with E-state index in [2.05, 4.69) is 129 Å². The number of pyridine rings is 2. The van der Waals surface area contributed by atoms with E-state index in [0.29, 0.717) is 56.2 Å². The van der Waals surface area contributed by atoms with Crippen LogP contribution in [0.1, 0.15) is 169 Å². The minimum atomic E-state index is -0.257. The zero-order valence-corrected chi connectivity index (χ0v) is 61.2. The Morgan fingerprint density at radius 2 is 0.653 bits per heavy atom. The van der Waals surface area contributed by atoms with Gasteiger partial charge in [0.15, 0.2) is 0 Å². The van der Waals surface area contributed by atoms with E-state index in [0.717, 1.165) is 62.2 Å². The first-order valence-corrected chi connectivity index (χ1v) is 34.5. The zero-order valence-electron chi connectivity index (χ0n) is 61.2. The molecule has 0 fully saturated rings. The molecule has 7 aliphatic heterocycles. The van der Waals surface area contributed by atoms with Crippen molar-refractivity contribution in [3.8, 4) is 0 Å². The van der Waals surface area contributed by atoms with Gasteiger partial charge in [-0.05, 0) is 230 Å². The van der Waals surface area contributed by atoms with Crippen molar-refractivity contribution in [3.05, 3.63) is 194 Å². The molecule has 16 nitrogen and oxygen atoms in total. The van der Waals surface area contributed by atoms with Gasteiger partial charge in [0.05, 0.1) is 73.4 Å². The lowest BCUT2D eigenvalue weighted by molar-refractivity contribution is -0.118. The van der Waals surface area contributed by atoms with Crippen molar-refractivity contribution < 1.29 is 38.0 Å². The largest absolute Gasteiger partial charge is 0.309 e. The lowest BCUT2D eigenvalue weighted by Crippen LogP contribution is -2.34. The summed E-state index contributed by atoms with van der Waals surface area (Å²) in [5.74, 6) is 1.78. The first kappa shape index (κ1) is 74.4. The molecule has 0 atom stereocenters. The normalized spacial score (nSPS) is 15.1. The highest BCUT2D eigenvalue weighted by Gasteiger charge is 2.36. The zero-order chi connectivity index (χ0) is 72.0. The number of carbonyl (C=O) groups is 7. The van der Waals surface area contributed by atoms with Crippen LogP contribution in [0.15, 0.2) is 116 Å². The minimum absolute atomic E-state index is 0.00931. The molecule has 518 valence electrons. The molecule has 7 amide bonds. The van der Waals surface area contributed by atoms with Crippen LogP contribution in [-0.2, 0) is 78.5 Å². The van der Waals surface area contributed by atoms with Gasteiger partial charge in [0, 0.05) is 71.6 Å². The molecular formula is C81H100FN9O7. The smallest absolute Gasteiger partial charge is 0.233 e. The van der Waals surface area contributed by atoms with Gasteiger partial charge >= 0.3 is 0 Å². The molecule has 0 saturated heterocycles. The molecule has 98 heavy (non-hydrogen) atoms. The number of nitrogens with zero attached hydrogens (tertiary/aromatic N) is 9. The molecule has 0 N–H and O–H groups in total. The van der Waals surface area contributed by atoms with Gasteiger partial charge in [0.25, 0.3) is 0 Å². The number of carbonyl (C=O) groups excluding carboxylic acids is 7. The molecule has 0 unspecified atom stereocenters. The van der Waals surface area contributed by atoms with Crippen LogP contribution in [0, 0.1) is 47.4 Å². The van der Waals surface area contributed by atoms with E-state index in [1.165, 1.54) is 38.9 Å². The maximum absolute atomic E-state index is 13.9. The fraction of sp³-hybridized carbons (Fsp3) is 0.420. The summed E-state index contributed by atoms with van der Waals surface area (Å²) in [6.07, 6.45) is 6.99. The van der Waals surface area contributed by atoms with E-state index in [1.807, 2.05) is 134 Å². The Morgan fingerprint density at radius 1 is 0.316 bits per heavy atom. The Kier molecular flexibility index (Phi) is 23.9. The summed E-state index contributed by atoms with van der Waals surface area (Å²) >= 11 is 0. The number of anilines is 7. The molecular weight excluding hydrogens is 1230 g/mol. The van der Waals surface area contributed by atoms with Gasteiger partial charge in [0.2, 0.25) is 41.4 Å². The fourth-order valence-corrected chi connectivity index (χ4v) is 13.8. The van der Waals surface area contributed by atoms with Crippen LogP contribution >= 0.6 is 0 Å². The average molecular weight is 1330 g/mol. The van der Waals surface area contributed by atoms with Crippen LogP contribution in [0.25, 0.3) is 0 Å². The summed E-state index contributed by atoms with van der Waals surface area (Å²) in [6.45, 7) is 40.4. The van der Waals surface area contributed by atoms with Crippen molar-refractivity contribution in [2.75, 3.05) is 34.3 Å². The predicted molar refractivity (Wildman–Crippen MR) is 393 cm³/mol. The fourth-order valence-electron chi connectivity index (χ4n) is 13.8. The van der Waals surface area contributed by atoms with Crippen molar-refractivity contribution in [1.82, 2.24) is 9.97 Å². The van der Waals surface area contributed by atoms with E-state index < -0.39 is 0 Å². The lowest BCUT2D eigenvalue weighted by atomic mass is 10.0. The standard InChI is InChI=1S/2C13H17NO.C12H14FNO.C12H15NO.C11H13NO.2C10H12N2O/c2*1-8(2)14-12(15)7-11-6-5-9(3)10(4)13(11)14;1-7(2)14-10(15)6-9-5-4-8(3)11(13)12(9)14;1-8(2)13-11-6-9(3)4-5-10(11)7-12(13)14;1-8(2)12-10-6-4-3-5-9(10)7-11(12)13;1-7(2)12-9-4-3-5-11-8(9)6-10(12)13;1-7(2)12-9(13)6-8-4-3-5-11-10(8)12/h2*5-6,8H,7H2,1-4H3;4-5,7H,6H2,1-3H3;4-6,8H,7H2,1-3H3;3-6,8H,7H2,1-2H3;2*3-5,7H,6H2,1-2H3. The Hall–Kier alpha value is -9.38. The summed E-state index contributed by atoms with van der Waals surface area (Å²) < 4.78 is 13.9. The Bertz CT molecular complexity index is 3810. The van der Waals surface area contributed by atoms with Crippen molar-refractivity contribution in [2.45, 2.75) is 226 Å². The van der Waals surface area contributed by atoms with Crippen LogP contribution < -0.4 is 34.3 Å². The van der Waals surface area contributed by atoms with Crippen LogP contribution in [0.5, 0.6) is 0 Å². The maximum atomic E-state index is 13.9. The number of aryl methyl sites for hydroxylation is 4. The molecule has 0 spiro atoms. The van der Waals surface area contributed by atoms with Gasteiger partial charge in [-0.25, -0.2) is 9.37 Å². The van der Waals surface area contributed by atoms with Gasteiger partial charge in [-0.1, -0.05) is 72.8 Å². The van der Waals surface area contributed by atoms with E-state index in [9.17, 15) is 38.0 Å². The average Bonchev–Trinajstić information content (AvgIpc) is 1.62. The molecule has 7 aromatic rings. The second kappa shape index (κ2) is 31.4. The van der Waals surface area contributed by atoms with Gasteiger partial charge in [0.1, 0.15) is 11.6 Å². The van der Waals surface area contributed by atoms with Crippen molar-refractivity contribution in [1.29, 1.82) is 0 Å². The summed E-state index contributed by atoms with van der Waals surface area (Å²) in [5, 5.41) is 0. The molecule has 5 aromatic carbocycles. The van der Waals surface area contributed by atoms with E-state index >= 15 is 0 Å². The third-order valence-electron chi connectivity index (χ3n) is 18.5. The third-order valence-corrected chi connectivity index (χ3v) is 18.5. The first-order valence-electron chi connectivity index (χ1n) is 34.5. The van der Waals surface area contributed by atoms with Crippen LogP contribution in [0.3, 0.4) is 0 Å². The number of aromatic nitrogens is 2. The second-order valence-electron chi connectivity index (χ2n) is 28.2. The predicted octanol–water partition coefficient (Wildman–Crippen LogP) is 14.7. The highest BCUT2D eigenvalue weighted by Crippen LogP contribution is 2.39. The first-order chi connectivity index (χ1) is 46.2. The van der Waals surface area contributed by atoms with Gasteiger partial charge in [-0.3, -0.25) is 43.4 Å². The number of amides is 7. The van der Waals surface area contributed by atoms with Crippen molar-refractivity contribution in [3.63, 3.8) is 0 Å². The van der Waals surface area contributed by atoms with Crippen molar-refractivity contribution >= 4 is 81.3 Å². The molecule has 0 bridgehead atoms. The van der Waals surface area contributed by atoms with Crippen LogP contribution in [-0.4, -0.2) is 93.6 Å². The van der Waals surface area contributed by atoms with Gasteiger partial charge in [-0.15, -0.1) is 0 Å². The van der Waals surface area contributed by atoms with E-state index in [1.54, 1.807) is 35.2 Å².